The molecule has 5 heteroatoms. The highest BCUT2D eigenvalue weighted by Gasteiger charge is 2.21. The highest BCUT2D eigenvalue weighted by atomic mass is 32.2. The molecule has 1 N–H and O–H groups in total. The quantitative estimate of drug-likeness (QED) is 0.767. The maximum Gasteiger partial charge on any atom is 0.239 e. The van der Waals surface area contributed by atoms with Crippen LogP contribution in [0.4, 0.5) is 0 Å². The van der Waals surface area contributed by atoms with E-state index < -0.39 is 9.84 Å². The summed E-state index contributed by atoms with van der Waals surface area (Å²) < 4.78 is 24.6. The first-order valence-corrected chi connectivity index (χ1v) is 6.91. The van der Waals surface area contributed by atoms with Crippen molar-refractivity contribution in [1.82, 2.24) is 9.97 Å². The van der Waals surface area contributed by atoms with Crippen molar-refractivity contribution in [3.63, 3.8) is 0 Å². The van der Waals surface area contributed by atoms with Crippen molar-refractivity contribution in [3.05, 3.63) is 54.6 Å². The van der Waals surface area contributed by atoms with E-state index in [9.17, 15) is 8.42 Å². The first-order valence-electron chi connectivity index (χ1n) is 5.43. The summed E-state index contributed by atoms with van der Waals surface area (Å²) in [5, 5.41) is -0.0186. The van der Waals surface area contributed by atoms with Crippen LogP contribution in [-0.4, -0.2) is 18.4 Å². The van der Waals surface area contributed by atoms with Gasteiger partial charge in [0.15, 0.2) is 0 Å². The Morgan fingerprint density at radius 3 is 2.28 bits per heavy atom. The fourth-order valence-corrected chi connectivity index (χ4v) is 2.97. The van der Waals surface area contributed by atoms with E-state index in [1.165, 1.54) is 0 Å². The second-order valence-electron chi connectivity index (χ2n) is 3.88. The van der Waals surface area contributed by atoms with E-state index in [0.29, 0.717) is 11.0 Å². The monoisotopic (exact) mass is 258 g/mol. The number of aromatic amines is 1. The lowest BCUT2D eigenvalue weighted by Crippen LogP contribution is -2.03. The minimum atomic E-state index is -3.57. The van der Waals surface area contributed by atoms with Gasteiger partial charge in [0.25, 0.3) is 0 Å². The predicted octanol–water partition coefficient (Wildman–Crippen LogP) is 2.40. The number of benzene rings is 2. The fraction of sp³-hybridized carbons (Fsp3) is 0. The Morgan fingerprint density at radius 1 is 0.889 bits per heavy atom. The molecule has 0 unspecified atom stereocenters. The lowest BCUT2D eigenvalue weighted by molar-refractivity contribution is 0.589. The molecule has 3 aromatic rings. The van der Waals surface area contributed by atoms with E-state index in [-0.39, 0.29) is 10.1 Å². The Morgan fingerprint density at radius 2 is 1.56 bits per heavy atom. The largest absolute Gasteiger partial charge is 0.328 e. The van der Waals surface area contributed by atoms with Crippen LogP contribution in [0.1, 0.15) is 0 Å². The third-order valence-electron chi connectivity index (χ3n) is 2.68. The first-order chi connectivity index (χ1) is 8.68. The highest BCUT2D eigenvalue weighted by molar-refractivity contribution is 7.91. The molecule has 0 saturated heterocycles. The molecule has 0 spiro atoms. The van der Waals surface area contributed by atoms with E-state index in [1.807, 2.05) is 12.1 Å². The van der Waals surface area contributed by atoms with Gasteiger partial charge >= 0.3 is 0 Å². The zero-order valence-electron chi connectivity index (χ0n) is 9.37. The summed E-state index contributed by atoms with van der Waals surface area (Å²) in [6, 6.07) is 15.5. The van der Waals surface area contributed by atoms with E-state index in [4.69, 9.17) is 0 Å². The molecule has 2 aromatic carbocycles. The maximum absolute atomic E-state index is 12.3. The number of hydrogen-bond donors (Lipinski definition) is 1. The molecule has 0 amide bonds. The standard InChI is InChI=1S/C13H10N2O2S/c16-18(17,10-6-2-1-3-7-10)13-14-11-8-4-5-9-12(11)15-13/h1-9H,(H,14,15). The Kier molecular flexibility index (Phi) is 2.41. The zero-order valence-corrected chi connectivity index (χ0v) is 10.2. The number of nitrogens with one attached hydrogen (secondary N) is 1. The Labute approximate surface area is 104 Å². The number of para-hydroxylation sites is 2. The lowest BCUT2D eigenvalue weighted by Gasteiger charge is -1.99. The topological polar surface area (TPSA) is 62.8 Å². The van der Waals surface area contributed by atoms with Gasteiger partial charge in [-0.15, -0.1) is 0 Å². The van der Waals surface area contributed by atoms with Crippen LogP contribution in [0.2, 0.25) is 0 Å². The van der Waals surface area contributed by atoms with Crippen LogP contribution < -0.4 is 0 Å². The van der Waals surface area contributed by atoms with Gasteiger partial charge in [0, 0.05) is 0 Å². The molecule has 0 aliphatic rings. The maximum atomic E-state index is 12.3. The molecular weight excluding hydrogens is 248 g/mol. The summed E-state index contributed by atoms with van der Waals surface area (Å²) in [4.78, 5) is 7.19. The molecule has 0 bridgehead atoms. The number of fused-ring (bicyclic) bond motifs is 1. The number of nitrogens with zero attached hydrogens (tertiary/aromatic N) is 1. The van der Waals surface area contributed by atoms with Crippen molar-refractivity contribution in [2.24, 2.45) is 0 Å². The van der Waals surface area contributed by atoms with Crippen LogP contribution in [0.25, 0.3) is 11.0 Å². The van der Waals surface area contributed by atoms with E-state index in [2.05, 4.69) is 9.97 Å². The van der Waals surface area contributed by atoms with Crippen LogP contribution in [0.3, 0.4) is 0 Å². The smallest absolute Gasteiger partial charge is 0.239 e. The number of sulfone groups is 1. The summed E-state index contributed by atoms with van der Waals surface area (Å²) >= 11 is 0. The molecule has 1 heterocycles. The minimum absolute atomic E-state index is 0.0186. The van der Waals surface area contributed by atoms with Gasteiger partial charge in [-0.25, -0.2) is 13.4 Å². The predicted molar refractivity (Wildman–Crippen MR) is 68.0 cm³/mol. The minimum Gasteiger partial charge on any atom is -0.328 e. The summed E-state index contributed by atoms with van der Waals surface area (Å²) in [7, 11) is -3.57. The second-order valence-corrected chi connectivity index (χ2v) is 5.74. The van der Waals surface area contributed by atoms with Gasteiger partial charge in [-0.2, -0.15) is 0 Å². The van der Waals surface area contributed by atoms with Crippen LogP contribution in [0, 0.1) is 0 Å². The number of aromatic nitrogens is 2. The third-order valence-corrected chi connectivity index (χ3v) is 4.27. The number of hydrogen-bond acceptors (Lipinski definition) is 3. The van der Waals surface area contributed by atoms with Crippen molar-refractivity contribution < 1.29 is 8.42 Å². The van der Waals surface area contributed by atoms with Crippen molar-refractivity contribution >= 4 is 20.9 Å². The van der Waals surface area contributed by atoms with Gasteiger partial charge in [-0.1, -0.05) is 30.3 Å². The van der Waals surface area contributed by atoms with Crippen molar-refractivity contribution in [1.29, 1.82) is 0 Å². The first kappa shape index (κ1) is 11.0. The van der Waals surface area contributed by atoms with Gasteiger partial charge in [-0.05, 0) is 24.3 Å². The summed E-state index contributed by atoms with van der Waals surface area (Å²) in [5.74, 6) is 0. The fourth-order valence-electron chi connectivity index (χ4n) is 1.77. The summed E-state index contributed by atoms with van der Waals surface area (Å²) in [6.45, 7) is 0. The Hall–Kier alpha value is -2.14. The zero-order chi connectivity index (χ0) is 12.6. The molecule has 1 aromatic heterocycles. The normalized spacial score (nSPS) is 11.8. The molecule has 0 fully saturated rings. The molecule has 4 nitrogen and oxygen atoms in total. The van der Waals surface area contributed by atoms with Gasteiger partial charge in [-0.3, -0.25) is 0 Å². The number of H-pyrrole nitrogens is 1. The van der Waals surface area contributed by atoms with Gasteiger partial charge < -0.3 is 4.98 Å². The van der Waals surface area contributed by atoms with E-state index >= 15 is 0 Å². The van der Waals surface area contributed by atoms with Crippen molar-refractivity contribution in [3.8, 4) is 0 Å². The van der Waals surface area contributed by atoms with Crippen LogP contribution >= 0.6 is 0 Å². The second kappa shape index (κ2) is 3.96. The van der Waals surface area contributed by atoms with E-state index in [1.54, 1.807) is 42.5 Å². The number of imidazole rings is 1. The van der Waals surface area contributed by atoms with Crippen molar-refractivity contribution in [2.45, 2.75) is 10.1 Å². The molecule has 18 heavy (non-hydrogen) atoms. The van der Waals surface area contributed by atoms with E-state index in [0.717, 1.165) is 0 Å². The Balaban J connectivity index is 2.20. The third kappa shape index (κ3) is 1.69. The average molecular weight is 258 g/mol. The summed E-state index contributed by atoms with van der Waals surface area (Å²) in [6.07, 6.45) is 0. The molecule has 90 valence electrons. The van der Waals surface area contributed by atoms with Gasteiger partial charge in [0.2, 0.25) is 15.0 Å². The Bertz CT molecular complexity index is 759. The van der Waals surface area contributed by atoms with Crippen LogP contribution in [0.15, 0.2) is 64.6 Å². The molecular formula is C13H10N2O2S. The van der Waals surface area contributed by atoms with Crippen LogP contribution in [-0.2, 0) is 9.84 Å². The molecule has 3 rings (SSSR count). The van der Waals surface area contributed by atoms with Gasteiger partial charge in [0.1, 0.15) is 0 Å². The van der Waals surface area contributed by atoms with Crippen molar-refractivity contribution in [2.75, 3.05) is 0 Å². The molecule has 0 aliphatic heterocycles. The van der Waals surface area contributed by atoms with Crippen LogP contribution in [0.5, 0.6) is 0 Å². The molecule has 0 radical (unpaired) electrons. The highest BCUT2D eigenvalue weighted by Crippen LogP contribution is 2.20. The molecule has 0 saturated carbocycles. The SMILES string of the molecule is O=S(=O)(c1ccccc1)c1nc2ccccc2[nH]1. The lowest BCUT2D eigenvalue weighted by atomic mass is 10.3. The van der Waals surface area contributed by atoms with Gasteiger partial charge in [0.05, 0.1) is 15.9 Å². The molecule has 0 atom stereocenters. The number of rotatable bonds is 2. The average Bonchev–Trinajstić information content (AvgIpc) is 2.84. The summed E-state index contributed by atoms with van der Waals surface area (Å²) in [5.41, 5.74) is 1.36. The molecule has 0 aliphatic carbocycles.